The van der Waals surface area contributed by atoms with Crippen molar-refractivity contribution in [2.45, 2.75) is 17.7 Å². The normalized spacial score (nSPS) is 18.9. The maximum Gasteiger partial charge on any atom is 0.246 e. The topological polar surface area (TPSA) is 55.2 Å². The van der Waals surface area contributed by atoms with Gasteiger partial charge in [0.15, 0.2) is 0 Å². The van der Waals surface area contributed by atoms with Crippen LogP contribution < -0.4 is 0 Å². The highest BCUT2D eigenvalue weighted by Gasteiger charge is 2.27. The smallest absolute Gasteiger partial charge is 0.246 e. The van der Waals surface area contributed by atoms with E-state index in [2.05, 4.69) is 11.7 Å². The summed E-state index contributed by atoms with van der Waals surface area (Å²) in [6, 6.07) is 0. The molecule has 2 heterocycles. The summed E-state index contributed by atoms with van der Waals surface area (Å²) in [7, 11) is -1.68. The van der Waals surface area contributed by atoms with E-state index in [-0.39, 0.29) is 4.90 Å². The predicted octanol–water partition coefficient (Wildman–Crippen LogP) is 0.761. The van der Waals surface area contributed by atoms with Gasteiger partial charge >= 0.3 is 0 Å². The molecule has 5 nitrogen and oxygen atoms in total. The molecule has 0 atom stereocenters. The average molecular weight is 241 g/mol. The molecule has 0 unspecified atom stereocenters. The zero-order valence-electron chi connectivity index (χ0n) is 9.26. The molecule has 0 bridgehead atoms. The van der Waals surface area contributed by atoms with Crippen LogP contribution in [0.4, 0.5) is 0 Å². The standard InChI is InChI=1S/C10H15N3O2S/c1-9-4-3-5-13(7-9)16(14,15)10-6-11-12(2)8-10/h6,8H,1,3-5,7H2,2H3. The molecule has 0 radical (unpaired) electrons. The molecule has 1 aromatic heterocycles. The van der Waals surface area contributed by atoms with Crippen molar-refractivity contribution in [3.05, 3.63) is 24.5 Å². The zero-order chi connectivity index (χ0) is 11.8. The fourth-order valence-corrected chi connectivity index (χ4v) is 3.29. The van der Waals surface area contributed by atoms with Crippen molar-refractivity contribution < 1.29 is 8.42 Å². The van der Waals surface area contributed by atoms with Gasteiger partial charge in [-0.2, -0.15) is 9.40 Å². The Morgan fingerprint density at radius 3 is 2.81 bits per heavy atom. The average Bonchev–Trinajstić information content (AvgIpc) is 2.65. The van der Waals surface area contributed by atoms with Gasteiger partial charge in [0, 0.05) is 26.3 Å². The Morgan fingerprint density at radius 2 is 2.25 bits per heavy atom. The van der Waals surface area contributed by atoms with Crippen molar-refractivity contribution in [2.24, 2.45) is 7.05 Å². The first kappa shape index (κ1) is 11.3. The Balaban J connectivity index is 2.28. The van der Waals surface area contributed by atoms with Gasteiger partial charge in [0.25, 0.3) is 0 Å². The number of aromatic nitrogens is 2. The Hall–Kier alpha value is -1.14. The van der Waals surface area contributed by atoms with Gasteiger partial charge in [-0.05, 0) is 12.8 Å². The predicted molar refractivity (Wildman–Crippen MR) is 60.3 cm³/mol. The SMILES string of the molecule is C=C1CCCN(S(=O)(=O)c2cnn(C)c2)C1. The van der Waals surface area contributed by atoms with Gasteiger partial charge in [-0.25, -0.2) is 8.42 Å². The van der Waals surface area contributed by atoms with Gasteiger partial charge in [-0.1, -0.05) is 12.2 Å². The van der Waals surface area contributed by atoms with Gasteiger partial charge in [0.2, 0.25) is 10.0 Å². The quantitative estimate of drug-likeness (QED) is 0.718. The summed E-state index contributed by atoms with van der Waals surface area (Å²) in [6.45, 7) is 4.84. The first-order chi connectivity index (χ1) is 7.50. The van der Waals surface area contributed by atoms with E-state index in [1.54, 1.807) is 7.05 Å². The summed E-state index contributed by atoms with van der Waals surface area (Å²) in [5, 5.41) is 3.89. The molecule has 0 N–H and O–H groups in total. The molecule has 0 saturated carbocycles. The molecule has 0 amide bonds. The minimum atomic E-state index is -3.38. The van der Waals surface area contributed by atoms with E-state index in [9.17, 15) is 8.42 Å². The van der Waals surface area contributed by atoms with Crippen LogP contribution in [-0.4, -0.2) is 35.6 Å². The van der Waals surface area contributed by atoms with Crippen LogP contribution in [0.3, 0.4) is 0 Å². The molecule has 1 aromatic rings. The fourth-order valence-electron chi connectivity index (χ4n) is 1.80. The summed E-state index contributed by atoms with van der Waals surface area (Å²) in [5.74, 6) is 0. The highest BCUT2D eigenvalue weighted by molar-refractivity contribution is 7.89. The molecule has 0 spiro atoms. The fraction of sp³-hybridized carbons (Fsp3) is 0.500. The van der Waals surface area contributed by atoms with Crippen molar-refractivity contribution >= 4 is 10.0 Å². The van der Waals surface area contributed by atoms with Crippen molar-refractivity contribution in [1.82, 2.24) is 14.1 Å². The molecule has 88 valence electrons. The molecule has 0 aromatic carbocycles. The van der Waals surface area contributed by atoms with Gasteiger partial charge < -0.3 is 0 Å². The lowest BCUT2D eigenvalue weighted by atomic mass is 10.1. The monoisotopic (exact) mass is 241 g/mol. The van der Waals surface area contributed by atoms with Crippen LogP contribution in [0.15, 0.2) is 29.4 Å². The van der Waals surface area contributed by atoms with Crippen LogP contribution in [0.25, 0.3) is 0 Å². The van der Waals surface area contributed by atoms with E-state index in [0.29, 0.717) is 13.1 Å². The Kier molecular flexibility index (Phi) is 2.86. The highest BCUT2D eigenvalue weighted by Crippen LogP contribution is 2.21. The van der Waals surface area contributed by atoms with Crippen molar-refractivity contribution in [3.63, 3.8) is 0 Å². The first-order valence-electron chi connectivity index (χ1n) is 5.15. The molecule has 1 aliphatic rings. The maximum atomic E-state index is 12.2. The lowest BCUT2D eigenvalue weighted by Crippen LogP contribution is -2.36. The lowest BCUT2D eigenvalue weighted by Gasteiger charge is -2.26. The number of piperidine rings is 1. The van der Waals surface area contributed by atoms with Gasteiger partial charge in [0.1, 0.15) is 4.90 Å². The third kappa shape index (κ3) is 2.03. The Bertz CT molecular complexity index is 504. The summed E-state index contributed by atoms with van der Waals surface area (Å²) >= 11 is 0. The third-order valence-electron chi connectivity index (χ3n) is 2.66. The number of hydrogen-bond donors (Lipinski definition) is 0. The highest BCUT2D eigenvalue weighted by atomic mass is 32.2. The second-order valence-electron chi connectivity index (χ2n) is 4.04. The molecule has 0 aliphatic carbocycles. The van der Waals surface area contributed by atoms with E-state index >= 15 is 0 Å². The number of aryl methyl sites for hydroxylation is 1. The molecule has 1 fully saturated rings. The van der Waals surface area contributed by atoms with Crippen molar-refractivity contribution in [3.8, 4) is 0 Å². The van der Waals surface area contributed by atoms with E-state index in [0.717, 1.165) is 18.4 Å². The van der Waals surface area contributed by atoms with Crippen LogP contribution in [-0.2, 0) is 17.1 Å². The molecule has 16 heavy (non-hydrogen) atoms. The number of sulfonamides is 1. The van der Waals surface area contributed by atoms with E-state index < -0.39 is 10.0 Å². The van der Waals surface area contributed by atoms with Gasteiger partial charge in [0.05, 0.1) is 6.20 Å². The second-order valence-corrected chi connectivity index (χ2v) is 5.98. The number of nitrogens with zero attached hydrogens (tertiary/aromatic N) is 3. The van der Waals surface area contributed by atoms with Crippen LogP contribution in [0.5, 0.6) is 0 Å². The Morgan fingerprint density at radius 1 is 1.50 bits per heavy atom. The van der Waals surface area contributed by atoms with Gasteiger partial charge in [-0.15, -0.1) is 0 Å². The summed E-state index contributed by atoms with van der Waals surface area (Å²) < 4.78 is 27.3. The lowest BCUT2D eigenvalue weighted by molar-refractivity contribution is 0.395. The summed E-state index contributed by atoms with van der Waals surface area (Å²) in [5.41, 5.74) is 0.971. The maximum absolute atomic E-state index is 12.2. The van der Waals surface area contributed by atoms with E-state index in [4.69, 9.17) is 0 Å². The van der Waals surface area contributed by atoms with Crippen LogP contribution in [0.2, 0.25) is 0 Å². The Labute approximate surface area is 95.4 Å². The van der Waals surface area contributed by atoms with Crippen LogP contribution in [0, 0.1) is 0 Å². The minimum absolute atomic E-state index is 0.254. The summed E-state index contributed by atoms with van der Waals surface area (Å²) in [4.78, 5) is 0.254. The van der Waals surface area contributed by atoms with E-state index in [1.165, 1.54) is 21.4 Å². The second kappa shape index (κ2) is 4.03. The zero-order valence-corrected chi connectivity index (χ0v) is 10.1. The molecule has 2 rings (SSSR count). The van der Waals surface area contributed by atoms with Crippen molar-refractivity contribution in [1.29, 1.82) is 0 Å². The van der Waals surface area contributed by atoms with E-state index in [1.807, 2.05) is 0 Å². The first-order valence-corrected chi connectivity index (χ1v) is 6.59. The molecular formula is C10H15N3O2S. The summed E-state index contributed by atoms with van der Waals surface area (Å²) in [6.07, 6.45) is 4.66. The third-order valence-corrected chi connectivity index (χ3v) is 4.45. The largest absolute Gasteiger partial charge is 0.274 e. The minimum Gasteiger partial charge on any atom is -0.274 e. The number of hydrogen-bond acceptors (Lipinski definition) is 3. The van der Waals surface area contributed by atoms with Crippen LogP contribution >= 0.6 is 0 Å². The molecule has 6 heteroatoms. The molecule has 1 aliphatic heterocycles. The van der Waals surface area contributed by atoms with Crippen molar-refractivity contribution in [2.75, 3.05) is 13.1 Å². The number of rotatable bonds is 2. The molecular weight excluding hydrogens is 226 g/mol. The van der Waals surface area contributed by atoms with Gasteiger partial charge in [-0.3, -0.25) is 4.68 Å². The molecule has 1 saturated heterocycles. The van der Waals surface area contributed by atoms with Crippen LogP contribution in [0.1, 0.15) is 12.8 Å².